The molecule has 136 valence electrons. The maximum Gasteiger partial charge on any atom is 0.155 e. The van der Waals surface area contributed by atoms with Crippen molar-refractivity contribution in [3.8, 4) is 17.0 Å². The molecule has 0 atom stereocenters. The van der Waals surface area contributed by atoms with Crippen molar-refractivity contribution in [2.45, 2.75) is 38.2 Å². The Bertz CT molecular complexity index is 898. The lowest BCUT2D eigenvalue weighted by Crippen LogP contribution is -2.09. The summed E-state index contributed by atoms with van der Waals surface area (Å²) in [5, 5.41) is 27.9. The van der Waals surface area contributed by atoms with Gasteiger partial charge in [-0.25, -0.2) is 4.39 Å². The number of benzene rings is 1. The molecule has 3 aromatic rings. The van der Waals surface area contributed by atoms with Gasteiger partial charge in [0.25, 0.3) is 0 Å². The van der Waals surface area contributed by atoms with E-state index in [4.69, 9.17) is 10.8 Å². The zero-order valence-corrected chi connectivity index (χ0v) is 14.3. The molecule has 1 saturated carbocycles. The van der Waals surface area contributed by atoms with Gasteiger partial charge in [-0.05, 0) is 31.0 Å². The normalized spacial score (nSPS) is 14.7. The van der Waals surface area contributed by atoms with Crippen molar-refractivity contribution in [3.05, 3.63) is 42.5 Å². The molecule has 4 N–H and O–H groups in total. The molecule has 26 heavy (non-hydrogen) atoms. The molecule has 0 amide bonds. The number of anilines is 1. The second kappa shape index (κ2) is 8.05. The molecule has 1 fully saturated rings. The second-order valence-electron chi connectivity index (χ2n) is 6.31. The summed E-state index contributed by atoms with van der Waals surface area (Å²) in [6, 6.07) is 5.45. The van der Waals surface area contributed by atoms with E-state index in [9.17, 15) is 9.50 Å². The monoisotopic (exact) mass is 356 g/mol. The molecular formula is C19H21FN4O2. The predicted octanol–water partition coefficient (Wildman–Crippen LogP) is 3.43. The predicted molar refractivity (Wildman–Crippen MR) is 97.9 cm³/mol. The number of phenols is 1. The van der Waals surface area contributed by atoms with Gasteiger partial charge < -0.3 is 15.9 Å². The van der Waals surface area contributed by atoms with Crippen LogP contribution in [0.15, 0.2) is 36.7 Å². The van der Waals surface area contributed by atoms with Gasteiger partial charge in [-0.2, -0.15) is 0 Å². The van der Waals surface area contributed by atoms with Gasteiger partial charge in [0.15, 0.2) is 5.82 Å². The van der Waals surface area contributed by atoms with Gasteiger partial charge in [-0.3, -0.25) is 4.98 Å². The number of nitrogens with two attached hydrogens (primary N) is 1. The van der Waals surface area contributed by atoms with Crippen LogP contribution in [0.25, 0.3) is 22.0 Å². The van der Waals surface area contributed by atoms with E-state index in [2.05, 4.69) is 15.2 Å². The lowest BCUT2D eigenvalue weighted by Gasteiger charge is -2.14. The number of nitrogens with zero attached hydrogens (tertiary/aromatic N) is 3. The van der Waals surface area contributed by atoms with Crippen molar-refractivity contribution < 1.29 is 14.6 Å². The van der Waals surface area contributed by atoms with E-state index in [1.807, 2.05) is 0 Å². The van der Waals surface area contributed by atoms with Gasteiger partial charge >= 0.3 is 0 Å². The maximum atomic E-state index is 13.0. The first-order chi connectivity index (χ1) is 12.6. The van der Waals surface area contributed by atoms with Crippen LogP contribution in [0.5, 0.6) is 5.75 Å². The summed E-state index contributed by atoms with van der Waals surface area (Å²) in [6.07, 6.45) is 9.09. The number of phenolic OH excluding ortho intramolecular Hbond substituents is 1. The molecule has 1 aromatic carbocycles. The Morgan fingerprint density at radius 2 is 1.81 bits per heavy atom. The highest BCUT2D eigenvalue weighted by atomic mass is 19.1. The van der Waals surface area contributed by atoms with Gasteiger partial charge in [0.2, 0.25) is 0 Å². The molecule has 4 rings (SSSR count). The average Bonchev–Trinajstić information content (AvgIpc) is 2.64. The van der Waals surface area contributed by atoms with Crippen molar-refractivity contribution in [2.75, 3.05) is 5.73 Å². The van der Waals surface area contributed by atoms with E-state index in [0.29, 0.717) is 22.0 Å². The SMILES string of the molecule is Nc1nnc(-c2ccc(F)cc2O)c2ccncc12.OC1CCCCC1. The fraction of sp³-hybridized carbons (Fsp3) is 0.316. The largest absolute Gasteiger partial charge is 0.507 e. The minimum Gasteiger partial charge on any atom is -0.507 e. The standard InChI is InChI=1S/C13H9FN4O.C6H12O/c14-7-1-2-9(11(19)5-7)12-8-3-4-16-6-10(8)13(15)18-17-12;7-6-4-2-1-3-5-6/h1-6,19H,(H2,15,18);6-7H,1-5H2. The lowest BCUT2D eigenvalue weighted by molar-refractivity contribution is 0.130. The number of aliphatic hydroxyl groups is 1. The molecule has 6 nitrogen and oxygen atoms in total. The zero-order chi connectivity index (χ0) is 18.5. The van der Waals surface area contributed by atoms with Crippen LogP contribution >= 0.6 is 0 Å². The summed E-state index contributed by atoms with van der Waals surface area (Å²) >= 11 is 0. The fourth-order valence-corrected chi connectivity index (χ4v) is 3.00. The van der Waals surface area contributed by atoms with E-state index in [0.717, 1.165) is 18.9 Å². The molecule has 2 aromatic heterocycles. The Hall–Kier alpha value is -2.80. The van der Waals surface area contributed by atoms with Crippen molar-refractivity contribution in [1.82, 2.24) is 15.2 Å². The summed E-state index contributed by atoms with van der Waals surface area (Å²) in [5.41, 5.74) is 6.56. The third-order valence-electron chi connectivity index (χ3n) is 4.40. The molecule has 0 aliphatic heterocycles. The number of halogens is 1. The smallest absolute Gasteiger partial charge is 0.155 e. The Morgan fingerprint density at radius 1 is 1.04 bits per heavy atom. The molecule has 7 heteroatoms. The van der Waals surface area contributed by atoms with Gasteiger partial charge in [0.05, 0.1) is 6.10 Å². The van der Waals surface area contributed by atoms with Crippen LogP contribution in [-0.4, -0.2) is 31.5 Å². The number of fused-ring (bicyclic) bond motifs is 1. The Balaban J connectivity index is 0.000000236. The van der Waals surface area contributed by atoms with Gasteiger partial charge in [-0.15, -0.1) is 10.2 Å². The highest BCUT2D eigenvalue weighted by molar-refractivity contribution is 5.99. The van der Waals surface area contributed by atoms with Crippen molar-refractivity contribution >= 4 is 16.6 Å². The number of nitrogen functional groups attached to an aromatic ring is 1. The van der Waals surface area contributed by atoms with E-state index < -0.39 is 5.82 Å². The first-order valence-corrected chi connectivity index (χ1v) is 8.59. The summed E-state index contributed by atoms with van der Waals surface area (Å²) in [7, 11) is 0. The number of hydrogen-bond donors (Lipinski definition) is 3. The van der Waals surface area contributed by atoms with Crippen molar-refractivity contribution in [2.24, 2.45) is 0 Å². The lowest BCUT2D eigenvalue weighted by atomic mass is 9.98. The van der Waals surface area contributed by atoms with E-state index in [-0.39, 0.29) is 17.7 Å². The van der Waals surface area contributed by atoms with E-state index >= 15 is 0 Å². The molecule has 0 saturated heterocycles. The third-order valence-corrected chi connectivity index (χ3v) is 4.40. The first-order valence-electron chi connectivity index (χ1n) is 8.59. The van der Waals surface area contributed by atoms with Crippen LogP contribution < -0.4 is 5.73 Å². The van der Waals surface area contributed by atoms with Gasteiger partial charge in [-0.1, -0.05) is 19.3 Å². The Labute approximate surface area is 150 Å². The highest BCUT2D eigenvalue weighted by Crippen LogP contribution is 2.33. The molecule has 1 aliphatic rings. The number of aromatic nitrogens is 3. The maximum absolute atomic E-state index is 13.0. The molecule has 0 unspecified atom stereocenters. The van der Waals surface area contributed by atoms with Crippen LogP contribution in [0, 0.1) is 5.82 Å². The second-order valence-corrected chi connectivity index (χ2v) is 6.31. The minimum absolute atomic E-state index is 0.0359. The molecule has 1 aliphatic carbocycles. The topological polar surface area (TPSA) is 105 Å². The zero-order valence-electron chi connectivity index (χ0n) is 14.3. The highest BCUT2D eigenvalue weighted by Gasteiger charge is 2.13. The summed E-state index contributed by atoms with van der Waals surface area (Å²) in [4.78, 5) is 3.97. The fourth-order valence-electron chi connectivity index (χ4n) is 3.00. The number of pyridine rings is 1. The minimum atomic E-state index is -0.518. The summed E-state index contributed by atoms with van der Waals surface area (Å²) in [5.74, 6) is -0.457. The molecule has 2 heterocycles. The van der Waals surface area contributed by atoms with Crippen LogP contribution in [0.3, 0.4) is 0 Å². The van der Waals surface area contributed by atoms with Gasteiger partial charge in [0, 0.05) is 34.8 Å². The molecular weight excluding hydrogens is 335 g/mol. The van der Waals surface area contributed by atoms with Crippen LogP contribution in [0.4, 0.5) is 10.2 Å². The Kier molecular flexibility index (Phi) is 5.58. The first kappa shape index (κ1) is 18.0. The van der Waals surface area contributed by atoms with Crippen LogP contribution in [0.2, 0.25) is 0 Å². The van der Waals surface area contributed by atoms with Crippen molar-refractivity contribution in [3.63, 3.8) is 0 Å². The Morgan fingerprint density at radius 3 is 2.46 bits per heavy atom. The quantitative estimate of drug-likeness (QED) is 0.617. The number of aromatic hydroxyl groups is 1. The molecule has 0 bridgehead atoms. The van der Waals surface area contributed by atoms with E-state index in [1.54, 1.807) is 18.5 Å². The molecule has 0 spiro atoms. The third kappa shape index (κ3) is 4.05. The summed E-state index contributed by atoms with van der Waals surface area (Å²) < 4.78 is 13.0. The number of hydrogen-bond acceptors (Lipinski definition) is 6. The average molecular weight is 356 g/mol. The van der Waals surface area contributed by atoms with Crippen molar-refractivity contribution in [1.29, 1.82) is 0 Å². The van der Waals surface area contributed by atoms with Crippen LogP contribution in [-0.2, 0) is 0 Å². The van der Waals surface area contributed by atoms with Crippen LogP contribution in [0.1, 0.15) is 32.1 Å². The van der Waals surface area contributed by atoms with Gasteiger partial charge in [0.1, 0.15) is 17.3 Å². The number of rotatable bonds is 1. The summed E-state index contributed by atoms with van der Waals surface area (Å²) in [6.45, 7) is 0. The number of aliphatic hydroxyl groups excluding tert-OH is 1. The van der Waals surface area contributed by atoms with E-state index in [1.165, 1.54) is 31.4 Å². The molecule has 0 radical (unpaired) electrons.